The third-order valence-electron chi connectivity index (χ3n) is 2.38. The fraction of sp³-hybridized carbons (Fsp3) is 0.0833. The molecule has 4 heteroatoms. The molecule has 0 saturated heterocycles. The number of nitrogens with two attached hydrogens (primary N) is 1. The summed E-state index contributed by atoms with van der Waals surface area (Å²) in [6.07, 6.45) is 1.63. The summed E-state index contributed by atoms with van der Waals surface area (Å²) in [5, 5.41) is 0.676. The van der Waals surface area contributed by atoms with Gasteiger partial charge < -0.3 is 10.3 Å². The number of rotatable bonds is 1. The molecule has 0 aliphatic carbocycles. The molecule has 0 radical (unpaired) electrons. The van der Waals surface area contributed by atoms with E-state index >= 15 is 0 Å². The minimum Gasteiger partial charge on any atom is -0.394 e. The number of anilines is 1. The van der Waals surface area contributed by atoms with Crippen molar-refractivity contribution in [2.24, 2.45) is 0 Å². The lowest BCUT2D eigenvalue weighted by molar-refractivity contribution is 0.977. The maximum atomic E-state index is 11.3. The summed E-state index contributed by atoms with van der Waals surface area (Å²) in [6, 6.07) is 8.86. The van der Waals surface area contributed by atoms with Gasteiger partial charge in [-0.15, -0.1) is 0 Å². The third kappa shape index (κ3) is 1.95. The van der Waals surface area contributed by atoms with Crippen molar-refractivity contribution in [2.45, 2.75) is 6.92 Å². The van der Waals surface area contributed by atoms with E-state index in [2.05, 4.69) is 0 Å². The van der Waals surface area contributed by atoms with Crippen molar-refractivity contribution in [2.75, 3.05) is 5.73 Å². The molecule has 0 amide bonds. The van der Waals surface area contributed by atoms with E-state index in [1.54, 1.807) is 18.3 Å². The molecular formula is C12H11ClN2O. The van der Waals surface area contributed by atoms with Crippen molar-refractivity contribution >= 4 is 17.3 Å². The fourth-order valence-corrected chi connectivity index (χ4v) is 1.65. The highest BCUT2D eigenvalue weighted by atomic mass is 35.5. The Bertz CT molecular complexity index is 573. The van der Waals surface area contributed by atoms with Crippen LogP contribution in [0.25, 0.3) is 5.69 Å². The van der Waals surface area contributed by atoms with E-state index in [0.717, 1.165) is 11.4 Å². The highest BCUT2D eigenvalue weighted by Gasteiger charge is 2.02. The smallest absolute Gasteiger partial charge is 0.204 e. The number of aromatic nitrogens is 1. The Morgan fingerprint density at radius 3 is 2.50 bits per heavy atom. The Labute approximate surface area is 98.1 Å². The number of hydrogen-bond donors (Lipinski definition) is 1. The van der Waals surface area contributed by atoms with Gasteiger partial charge in [-0.2, -0.15) is 0 Å². The van der Waals surface area contributed by atoms with Crippen LogP contribution in [0.5, 0.6) is 0 Å². The van der Waals surface area contributed by atoms with E-state index in [0.29, 0.717) is 5.02 Å². The molecule has 16 heavy (non-hydrogen) atoms. The number of aryl methyl sites for hydroxylation is 1. The summed E-state index contributed by atoms with van der Waals surface area (Å²) < 4.78 is 1.85. The van der Waals surface area contributed by atoms with E-state index in [4.69, 9.17) is 17.3 Å². The molecule has 0 fully saturated rings. The quantitative estimate of drug-likeness (QED) is 0.824. The van der Waals surface area contributed by atoms with Gasteiger partial charge in [0.2, 0.25) is 5.43 Å². The first-order valence-electron chi connectivity index (χ1n) is 4.82. The summed E-state index contributed by atoms with van der Waals surface area (Å²) in [4.78, 5) is 11.3. The zero-order valence-electron chi connectivity index (χ0n) is 8.77. The molecule has 2 rings (SSSR count). The molecular weight excluding hydrogens is 224 g/mol. The lowest BCUT2D eigenvalue weighted by Crippen LogP contribution is -2.12. The topological polar surface area (TPSA) is 48.0 Å². The first-order valence-corrected chi connectivity index (χ1v) is 5.20. The Hall–Kier alpha value is -1.74. The summed E-state index contributed by atoms with van der Waals surface area (Å²) >= 11 is 5.81. The first-order chi connectivity index (χ1) is 7.58. The highest BCUT2D eigenvalue weighted by Crippen LogP contribution is 2.15. The molecule has 0 bridgehead atoms. The van der Waals surface area contributed by atoms with Crippen LogP contribution in [0.15, 0.2) is 41.3 Å². The summed E-state index contributed by atoms with van der Waals surface area (Å²) in [7, 11) is 0. The van der Waals surface area contributed by atoms with Crippen LogP contribution < -0.4 is 11.2 Å². The summed E-state index contributed by atoms with van der Waals surface area (Å²) in [6.45, 7) is 1.86. The van der Waals surface area contributed by atoms with Crippen LogP contribution in [0.3, 0.4) is 0 Å². The Morgan fingerprint density at radius 2 is 1.88 bits per heavy atom. The van der Waals surface area contributed by atoms with Gasteiger partial charge in [0.1, 0.15) is 0 Å². The van der Waals surface area contributed by atoms with Crippen LogP contribution in [-0.2, 0) is 0 Å². The maximum Gasteiger partial charge on any atom is 0.204 e. The second kappa shape index (κ2) is 4.02. The molecule has 82 valence electrons. The number of hydrogen-bond acceptors (Lipinski definition) is 2. The SMILES string of the molecule is Cc1cc(=O)c(N)cn1-c1ccc(Cl)cc1. The second-order valence-corrected chi connectivity index (χ2v) is 4.02. The Kier molecular flexibility index (Phi) is 2.71. The van der Waals surface area contributed by atoms with Crippen LogP contribution in [0, 0.1) is 6.92 Å². The Morgan fingerprint density at radius 1 is 1.25 bits per heavy atom. The highest BCUT2D eigenvalue weighted by molar-refractivity contribution is 6.30. The van der Waals surface area contributed by atoms with Crippen LogP contribution in [0.1, 0.15) is 5.69 Å². The van der Waals surface area contributed by atoms with Gasteiger partial charge >= 0.3 is 0 Å². The monoisotopic (exact) mass is 234 g/mol. The van der Waals surface area contributed by atoms with Crippen molar-refractivity contribution in [1.82, 2.24) is 4.57 Å². The standard InChI is InChI=1S/C12H11ClN2O/c1-8-6-12(16)11(14)7-15(8)10-4-2-9(13)3-5-10/h2-7H,14H2,1H3. The second-order valence-electron chi connectivity index (χ2n) is 3.58. The lowest BCUT2D eigenvalue weighted by Gasteiger charge is -2.11. The van der Waals surface area contributed by atoms with Crippen LogP contribution in [-0.4, -0.2) is 4.57 Å². The predicted molar refractivity (Wildman–Crippen MR) is 66.2 cm³/mol. The molecule has 2 N–H and O–H groups in total. The molecule has 0 saturated carbocycles. The average Bonchev–Trinajstić information content (AvgIpc) is 2.25. The van der Waals surface area contributed by atoms with Crippen molar-refractivity contribution in [3.8, 4) is 5.69 Å². The number of nitrogen functional groups attached to an aromatic ring is 1. The van der Waals surface area contributed by atoms with E-state index < -0.39 is 0 Å². The predicted octanol–water partition coefficient (Wildman–Crippen LogP) is 2.38. The molecule has 1 heterocycles. The average molecular weight is 235 g/mol. The molecule has 0 atom stereocenters. The third-order valence-corrected chi connectivity index (χ3v) is 2.63. The molecule has 2 aromatic rings. The normalized spacial score (nSPS) is 10.4. The molecule has 0 aliphatic rings. The van der Waals surface area contributed by atoms with Gasteiger partial charge in [-0.05, 0) is 31.2 Å². The first kappa shape index (κ1) is 10.8. The summed E-state index contributed by atoms with van der Waals surface area (Å²) in [5.74, 6) is 0. The van der Waals surface area contributed by atoms with Gasteiger partial charge in [0.15, 0.2) is 0 Å². The minimum absolute atomic E-state index is 0.150. The van der Waals surface area contributed by atoms with Gasteiger partial charge in [-0.1, -0.05) is 11.6 Å². The fourth-order valence-electron chi connectivity index (χ4n) is 1.53. The summed E-state index contributed by atoms with van der Waals surface area (Å²) in [5.41, 5.74) is 7.44. The van der Waals surface area contributed by atoms with Crippen molar-refractivity contribution in [3.63, 3.8) is 0 Å². The molecule has 3 nitrogen and oxygen atoms in total. The van der Waals surface area contributed by atoms with Gasteiger partial charge in [0, 0.05) is 28.7 Å². The van der Waals surface area contributed by atoms with Gasteiger partial charge in [-0.3, -0.25) is 4.79 Å². The number of halogens is 1. The number of benzene rings is 1. The Balaban J connectivity index is 2.60. The van der Waals surface area contributed by atoms with E-state index in [9.17, 15) is 4.79 Å². The lowest BCUT2D eigenvalue weighted by atomic mass is 10.2. The van der Waals surface area contributed by atoms with Crippen LogP contribution in [0.2, 0.25) is 5.02 Å². The minimum atomic E-state index is -0.150. The van der Waals surface area contributed by atoms with Crippen molar-refractivity contribution in [3.05, 3.63) is 57.5 Å². The number of pyridine rings is 1. The van der Waals surface area contributed by atoms with E-state index in [-0.39, 0.29) is 11.1 Å². The molecule has 1 aromatic carbocycles. The zero-order valence-corrected chi connectivity index (χ0v) is 9.53. The maximum absolute atomic E-state index is 11.3. The molecule has 1 aromatic heterocycles. The number of nitrogens with zero attached hydrogens (tertiary/aromatic N) is 1. The van der Waals surface area contributed by atoms with Gasteiger partial charge in [0.25, 0.3) is 0 Å². The zero-order chi connectivity index (χ0) is 11.7. The van der Waals surface area contributed by atoms with E-state index in [1.165, 1.54) is 6.07 Å². The van der Waals surface area contributed by atoms with Crippen molar-refractivity contribution in [1.29, 1.82) is 0 Å². The molecule has 0 aliphatic heterocycles. The molecule has 0 spiro atoms. The van der Waals surface area contributed by atoms with E-state index in [1.807, 2.05) is 23.6 Å². The van der Waals surface area contributed by atoms with Gasteiger partial charge in [-0.25, -0.2) is 0 Å². The largest absolute Gasteiger partial charge is 0.394 e. The van der Waals surface area contributed by atoms with Crippen molar-refractivity contribution < 1.29 is 0 Å². The van der Waals surface area contributed by atoms with Gasteiger partial charge in [0.05, 0.1) is 5.69 Å². The van der Waals surface area contributed by atoms with Crippen LogP contribution in [0.4, 0.5) is 5.69 Å². The molecule has 0 unspecified atom stereocenters. The van der Waals surface area contributed by atoms with Crippen LogP contribution >= 0.6 is 11.6 Å².